The molecule has 0 radical (unpaired) electrons. The van der Waals surface area contributed by atoms with Gasteiger partial charge in [-0.15, -0.1) is 0 Å². The molecular formula is C19H21N3O3. The molecule has 0 unspecified atom stereocenters. The molecule has 0 bridgehead atoms. The second-order valence-electron chi connectivity index (χ2n) is 6.03. The molecule has 130 valence electrons. The highest BCUT2D eigenvalue weighted by molar-refractivity contribution is 5.84. The number of hydrogen-bond acceptors (Lipinski definition) is 6. The molecule has 0 amide bonds. The van der Waals surface area contributed by atoms with Crippen molar-refractivity contribution in [3.05, 3.63) is 48.5 Å². The summed E-state index contributed by atoms with van der Waals surface area (Å²) < 4.78 is 5.65. The number of phenols is 1. The normalized spacial score (nSPS) is 11.0. The molecule has 0 spiro atoms. The van der Waals surface area contributed by atoms with Crippen LogP contribution in [0.1, 0.15) is 0 Å². The van der Waals surface area contributed by atoms with Gasteiger partial charge < -0.3 is 25.2 Å². The standard InChI is InChI=1S/C19H21N3O3/c1-22(2)9-10-25-16-7-4-14(5-8-16)20-19-18(24)11-13-3-6-15(23)12-17(13)21-19/h3-8,11-12,23-24H,9-10H2,1-2H3,(H,20,21). The predicted octanol–water partition coefficient (Wildman–Crippen LogP) is 3.33. The van der Waals surface area contributed by atoms with Crippen LogP contribution in [0.25, 0.3) is 10.9 Å². The first-order valence-electron chi connectivity index (χ1n) is 7.98. The zero-order chi connectivity index (χ0) is 17.8. The lowest BCUT2D eigenvalue weighted by atomic mass is 10.2. The predicted molar refractivity (Wildman–Crippen MR) is 98.8 cm³/mol. The summed E-state index contributed by atoms with van der Waals surface area (Å²) in [6.45, 7) is 1.47. The van der Waals surface area contributed by atoms with Gasteiger partial charge in [-0.05, 0) is 56.6 Å². The summed E-state index contributed by atoms with van der Waals surface area (Å²) in [5, 5.41) is 23.6. The topological polar surface area (TPSA) is 77.9 Å². The van der Waals surface area contributed by atoms with Gasteiger partial charge in [0.2, 0.25) is 0 Å². The summed E-state index contributed by atoms with van der Waals surface area (Å²) in [5.41, 5.74) is 1.38. The molecule has 3 aromatic rings. The number of aromatic nitrogens is 1. The molecule has 0 aliphatic rings. The Bertz CT molecular complexity index is 864. The maximum Gasteiger partial charge on any atom is 0.173 e. The van der Waals surface area contributed by atoms with Gasteiger partial charge in [-0.3, -0.25) is 0 Å². The average Bonchev–Trinajstić information content (AvgIpc) is 2.57. The van der Waals surface area contributed by atoms with Gasteiger partial charge in [-0.2, -0.15) is 0 Å². The summed E-state index contributed by atoms with van der Waals surface area (Å²) in [4.78, 5) is 6.42. The van der Waals surface area contributed by atoms with E-state index in [-0.39, 0.29) is 11.5 Å². The number of benzene rings is 2. The van der Waals surface area contributed by atoms with Crippen molar-refractivity contribution in [2.24, 2.45) is 0 Å². The van der Waals surface area contributed by atoms with E-state index in [9.17, 15) is 10.2 Å². The molecule has 1 heterocycles. The zero-order valence-corrected chi connectivity index (χ0v) is 14.2. The van der Waals surface area contributed by atoms with Crippen molar-refractivity contribution >= 4 is 22.4 Å². The first-order valence-corrected chi connectivity index (χ1v) is 7.98. The van der Waals surface area contributed by atoms with Crippen LogP contribution in [-0.2, 0) is 0 Å². The molecule has 25 heavy (non-hydrogen) atoms. The molecular weight excluding hydrogens is 318 g/mol. The van der Waals surface area contributed by atoms with E-state index in [2.05, 4.69) is 15.2 Å². The highest BCUT2D eigenvalue weighted by atomic mass is 16.5. The Kier molecular flexibility index (Phi) is 4.90. The molecule has 0 aliphatic carbocycles. The van der Waals surface area contributed by atoms with Gasteiger partial charge in [0, 0.05) is 23.7 Å². The minimum atomic E-state index is 0.0458. The third-order valence-corrected chi connectivity index (χ3v) is 3.71. The van der Waals surface area contributed by atoms with Crippen molar-refractivity contribution in [3.63, 3.8) is 0 Å². The van der Waals surface area contributed by atoms with Crippen molar-refractivity contribution in [3.8, 4) is 17.2 Å². The van der Waals surface area contributed by atoms with Crippen LogP contribution >= 0.6 is 0 Å². The second-order valence-corrected chi connectivity index (χ2v) is 6.03. The van der Waals surface area contributed by atoms with Crippen LogP contribution in [-0.4, -0.2) is 47.3 Å². The fraction of sp³-hybridized carbons (Fsp3) is 0.211. The van der Waals surface area contributed by atoms with Gasteiger partial charge in [-0.25, -0.2) is 4.98 Å². The van der Waals surface area contributed by atoms with Gasteiger partial charge in [-0.1, -0.05) is 0 Å². The van der Waals surface area contributed by atoms with Crippen molar-refractivity contribution in [2.75, 3.05) is 32.6 Å². The molecule has 0 saturated carbocycles. The lowest BCUT2D eigenvalue weighted by molar-refractivity contribution is 0.261. The van der Waals surface area contributed by atoms with Crippen LogP contribution in [0.5, 0.6) is 17.2 Å². The number of aromatic hydroxyl groups is 2. The highest BCUT2D eigenvalue weighted by Gasteiger charge is 2.07. The smallest absolute Gasteiger partial charge is 0.173 e. The molecule has 0 atom stereocenters. The summed E-state index contributed by atoms with van der Waals surface area (Å²) in [7, 11) is 4.00. The molecule has 1 aromatic heterocycles. The first kappa shape index (κ1) is 16.9. The van der Waals surface area contributed by atoms with Gasteiger partial charge in [0.05, 0.1) is 5.52 Å². The van der Waals surface area contributed by atoms with E-state index in [1.165, 1.54) is 0 Å². The zero-order valence-electron chi connectivity index (χ0n) is 14.2. The van der Waals surface area contributed by atoms with Gasteiger partial charge in [0.25, 0.3) is 0 Å². The van der Waals surface area contributed by atoms with Crippen LogP contribution in [0.2, 0.25) is 0 Å². The molecule has 0 aliphatic heterocycles. The van der Waals surface area contributed by atoms with Crippen molar-refractivity contribution in [1.82, 2.24) is 9.88 Å². The number of fused-ring (bicyclic) bond motifs is 1. The first-order chi connectivity index (χ1) is 12.0. The second kappa shape index (κ2) is 7.27. The number of hydrogen-bond donors (Lipinski definition) is 3. The minimum absolute atomic E-state index is 0.0458. The number of likely N-dealkylation sites (N-methyl/N-ethyl adjacent to an activating group) is 1. The molecule has 6 heteroatoms. The maximum absolute atomic E-state index is 10.1. The van der Waals surface area contributed by atoms with E-state index in [0.717, 1.165) is 23.4 Å². The third-order valence-electron chi connectivity index (χ3n) is 3.71. The van der Waals surface area contributed by atoms with E-state index < -0.39 is 0 Å². The summed E-state index contributed by atoms with van der Waals surface area (Å²) in [6.07, 6.45) is 0. The summed E-state index contributed by atoms with van der Waals surface area (Å²) in [6, 6.07) is 13.9. The largest absolute Gasteiger partial charge is 0.508 e. The quantitative estimate of drug-likeness (QED) is 0.639. The van der Waals surface area contributed by atoms with Crippen molar-refractivity contribution in [2.45, 2.75) is 0 Å². The van der Waals surface area contributed by atoms with Crippen LogP contribution in [0.4, 0.5) is 11.5 Å². The van der Waals surface area contributed by atoms with Crippen LogP contribution in [0.15, 0.2) is 48.5 Å². The molecule has 0 saturated heterocycles. The van der Waals surface area contributed by atoms with Crippen LogP contribution in [0.3, 0.4) is 0 Å². The Morgan fingerprint density at radius 2 is 1.80 bits per heavy atom. The van der Waals surface area contributed by atoms with Crippen molar-refractivity contribution < 1.29 is 14.9 Å². The Morgan fingerprint density at radius 1 is 1.04 bits per heavy atom. The average molecular weight is 339 g/mol. The number of anilines is 2. The number of nitrogens with zero attached hydrogens (tertiary/aromatic N) is 2. The SMILES string of the molecule is CN(C)CCOc1ccc(Nc2nc3cc(O)ccc3cc2O)cc1. The molecule has 2 aromatic carbocycles. The fourth-order valence-corrected chi connectivity index (χ4v) is 2.35. The van der Waals surface area contributed by atoms with Gasteiger partial charge in [0.15, 0.2) is 11.6 Å². The third kappa shape index (κ3) is 4.30. The maximum atomic E-state index is 10.1. The number of ether oxygens (including phenoxy) is 1. The molecule has 6 nitrogen and oxygen atoms in total. The van der Waals surface area contributed by atoms with E-state index in [0.29, 0.717) is 17.9 Å². The summed E-state index contributed by atoms with van der Waals surface area (Å²) in [5.74, 6) is 1.30. The lowest BCUT2D eigenvalue weighted by Crippen LogP contribution is -2.19. The Hall–Kier alpha value is -2.99. The number of pyridine rings is 1. The van der Waals surface area contributed by atoms with Crippen molar-refractivity contribution in [1.29, 1.82) is 0 Å². The van der Waals surface area contributed by atoms with E-state index in [1.807, 2.05) is 38.4 Å². The Balaban J connectivity index is 1.73. The minimum Gasteiger partial charge on any atom is -0.508 e. The van der Waals surface area contributed by atoms with E-state index in [4.69, 9.17) is 4.74 Å². The Morgan fingerprint density at radius 3 is 2.52 bits per heavy atom. The number of phenolic OH excluding ortho intramolecular Hbond substituents is 1. The fourth-order valence-electron chi connectivity index (χ4n) is 2.35. The lowest BCUT2D eigenvalue weighted by Gasteiger charge is -2.12. The molecule has 0 fully saturated rings. The van der Waals surface area contributed by atoms with Crippen LogP contribution < -0.4 is 10.1 Å². The van der Waals surface area contributed by atoms with Gasteiger partial charge >= 0.3 is 0 Å². The van der Waals surface area contributed by atoms with Gasteiger partial charge in [0.1, 0.15) is 18.1 Å². The summed E-state index contributed by atoms with van der Waals surface area (Å²) >= 11 is 0. The number of rotatable bonds is 6. The molecule has 3 rings (SSSR count). The van der Waals surface area contributed by atoms with E-state index >= 15 is 0 Å². The van der Waals surface area contributed by atoms with Crippen LogP contribution in [0, 0.1) is 0 Å². The number of nitrogens with one attached hydrogen (secondary N) is 1. The monoisotopic (exact) mass is 339 g/mol. The highest BCUT2D eigenvalue weighted by Crippen LogP contribution is 2.30. The van der Waals surface area contributed by atoms with E-state index in [1.54, 1.807) is 24.3 Å². The molecule has 3 N–H and O–H groups in total. The Labute approximate surface area is 146 Å².